The van der Waals surface area contributed by atoms with Crippen molar-refractivity contribution >= 4 is 12.0 Å². The second kappa shape index (κ2) is 5.50. The lowest BCUT2D eigenvalue weighted by atomic mass is 10.00. The van der Waals surface area contributed by atoms with Crippen LogP contribution in [0.25, 0.3) is 6.08 Å². The van der Waals surface area contributed by atoms with Crippen molar-refractivity contribution in [2.24, 2.45) is 0 Å². The van der Waals surface area contributed by atoms with Crippen molar-refractivity contribution in [2.75, 3.05) is 0 Å². The molecule has 1 aromatic rings. The van der Waals surface area contributed by atoms with Crippen LogP contribution in [0, 0.1) is 0 Å². The Kier molecular flexibility index (Phi) is 4.29. The van der Waals surface area contributed by atoms with Gasteiger partial charge in [0.1, 0.15) is 0 Å². The Bertz CT molecular complexity index is 394. The molecular weight excluding hydrogens is 200 g/mol. The highest BCUT2D eigenvalue weighted by Gasteiger charge is 2.27. The molecule has 1 aromatic carbocycles. The standard InChI is InChI=1S/C12H12O2.C2H6/c1-2-8-3-5-10-9(7-8)4-6-11(10)12(13)14;1-2/h2-3,5,7,11H,1,4,6H2,(H,13,14);1-2H3. The van der Waals surface area contributed by atoms with E-state index in [1.165, 1.54) is 0 Å². The van der Waals surface area contributed by atoms with Gasteiger partial charge in [0.25, 0.3) is 0 Å². The van der Waals surface area contributed by atoms with Crippen LogP contribution in [-0.4, -0.2) is 11.1 Å². The van der Waals surface area contributed by atoms with Crippen molar-refractivity contribution in [2.45, 2.75) is 32.6 Å². The van der Waals surface area contributed by atoms with E-state index in [4.69, 9.17) is 5.11 Å². The third-order valence-electron chi connectivity index (χ3n) is 2.78. The highest BCUT2D eigenvalue weighted by Crippen LogP contribution is 2.33. The number of fused-ring (bicyclic) bond motifs is 1. The summed E-state index contributed by atoms with van der Waals surface area (Å²) in [6, 6.07) is 5.87. The number of carboxylic acid groups (broad SMARTS) is 1. The average Bonchev–Trinajstić information content (AvgIpc) is 2.74. The van der Waals surface area contributed by atoms with E-state index < -0.39 is 5.97 Å². The van der Waals surface area contributed by atoms with Gasteiger partial charge in [-0.25, -0.2) is 0 Å². The molecule has 0 radical (unpaired) electrons. The normalized spacial score (nSPS) is 17.0. The smallest absolute Gasteiger partial charge is 0.310 e. The Labute approximate surface area is 96.6 Å². The number of aliphatic carboxylic acids is 1. The van der Waals surface area contributed by atoms with Crippen molar-refractivity contribution in [1.29, 1.82) is 0 Å². The molecule has 0 heterocycles. The van der Waals surface area contributed by atoms with Crippen LogP contribution < -0.4 is 0 Å². The van der Waals surface area contributed by atoms with Gasteiger partial charge in [-0.3, -0.25) is 4.79 Å². The van der Waals surface area contributed by atoms with Gasteiger partial charge in [-0.1, -0.05) is 44.7 Å². The number of carbonyl (C=O) groups is 1. The molecule has 0 aliphatic heterocycles. The summed E-state index contributed by atoms with van der Waals surface area (Å²) in [7, 11) is 0. The SMILES string of the molecule is C=Cc1ccc2c(c1)CCC2C(=O)O.CC. The third-order valence-corrected chi connectivity index (χ3v) is 2.78. The molecule has 0 spiro atoms. The molecule has 1 atom stereocenters. The molecule has 1 aliphatic carbocycles. The van der Waals surface area contributed by atoms with E-state index in [1.54, 1.807) is 6.08 Å². The highest BCUT2D eigenvalue weighted by atomic mass is 16.4. The summed E-state index contributed by atoms with van der Waals surface area (Å²) >= 11 is 0. The maximum absolute atomic E-state index is 10.9. The third kappa shape index (κ3) is 2.32. The van der Waals surface area contributed by atoms with E-state index in [0.717, 1.165) is 29.5 Å². The first kappa shape index (κ1) is 12.5. The maximum Gasteiger partial charge on any atom is 0.310 e. The zero-order valence-electron chi connectivity index (χ0n) is 9.86. The van der Waals surface area contributed by atoms with Gasteiger partial charge in [-0.05, 0) is 29.5 Å². The summed E-state index contributed by atoms with van der Waals surface area (Å²) in [4.78, 5) is 10.9. The van der Waals surface area contributed by atoms with E-state index >= 15 is 0 Å². The lowest BCUT2D eigenvalue weighted by Crippen LogP contribution is -2.07. The van der Waals surface area contributed by atoms with Gasteiger partial charge in [0.2, 0.25) is 0 Å². The van der Waals surface area contributed by atoms with Crippen LogP contribution in [0.4, 0.5) is 0 Å². The summed E-state index contributed by atoms with van der Waals surface area (Å²) in [6.07, 6.45) is 3.38. The van der Waals surface area contributed by atoms with Crippen LogP contribution in [-0.2, 0) is 11.2 Å². The summed E-state index contributed by atoms with van der Waals surface area (Å²) in [6.45, 7) is 7.69. The molecule has 0 saturated heterocycles. The number of hydrogen-bond donors (Lipinski definition) is 1. The average molecular weight is 218 g/mol. The van der Waals surface area contributed by atoms with Crippen LogP contribution in [0.2, 0.25) is 0 Å². The zero-order valence-corrected chi connectivity index (χ0v) is 9.86. The Hall–Kier alpha value is -1.57. The Morgan fingerprint density at radius 1 is 1.50 bits per heavy atom. The summed E-state index contributed by atoms with van der Waals surface area (Å²) in [5.74, 6) is -1.01. The quantitative estimate of drug-likeness (QED) is 0.825. The van der Waals surface area contributed by atoms with Gasteiger partial charge >= 0.3 is 5.97 Å². The minimum Gasteiger partial charge on any atom is -0.481 e. The second-order valence-electron chi connectivity index (χ2n) is 3.59. The van der Waals surface area contributed by atoms with E-state index in [0.29, 0.717) is 0 Å². The van der Waals surface area contributed by atoms with E-state index in [1.807, 2.05) is 32.0 Å². The fourth-order valence-corrected chi connectivity index (χ4v) is 2.02. The largest absolute Gasteiger partial charge is 0.481 e. The molecule has 2 nitrogen and oxygen atoms in total. The molecular formula is C14H18O2. The van der Waals surface area contributed by atoms with Gasteiger partial charge in [0, 0.05) is 0 Å². The van der Waals surface area contributed by atoms with E-state index in [2.05, 4.69) is 6.58 Å². The monoisotopic (exact) mass is 218 g/mol. The van der Waals surface area contributed by atoms with Crippen LogP contribution in [0.15, 0.2) is 24.8 Å². The van der Waals surface area contributed by atoms with E-state index in [9.17, 15) is 4.79 Å². The van der Waals surface area contributed by atoms with Crippen LogP contribution in [0.1, 0.15) is 42.9 Å². The Balaban J connectivity index is 0.000000606. The number of benzene rings is 1. The summed E-state index contributed by atoms with van der Waals surface area (Å²) in [5.41, 5.74) is 3.20. The molecule has 0 bridgehead atoms. The van der Waals surface area contributed by atoms with Gasteiger partial charge in [0.05, 0.1) is 5.92 Å². The number of carboxylic acids is 1. The van der Waals surface area contributed by atoms with Crippen molar-refractivity contribution in [3.05, 3.63) is 41.5 Å². The second-order valence-corrected chi connectivity index (χ2v) is 3.59. The first-order chi connectivity index (χ1) is 7.72. The number of hydrogen-bond acceptors (Lipinski definition) is 1. The van der Waals surface area contributed by atoms with Crippen molar-refractivity contribution in [3.8, 4) is 0 Å². The summed E-state index contributed by atoms with van der Waals surface area (Å²) < 4.78 is 0. The topological polar surface area (TPSA) is 37.3 Å². The first-order valence-electron chi connectivity index (χ1n) is 5.70. The zero-order chi connectivity index (χ0) is 12.1. The molecule has 2 heteroatoms. The highest BCUT2D eigenvalue weighted by molar-refractivity contribution is 5.78. The molecule has 1 N–H and O–H groups in total. The van der Waals surface area contributed by atoms with Gasteiger partial charge in [-0.2, -0.15) is 0 Å². The summed E-state index contributed by atoms with van der Waals surface area (Å²) in [5, 5.41) is 8.97. The molecule has 0 amide bonds. The predicted octanol–water partition coefficient (Wildman–Crippen LogP) is 3.47. The van der Waals surface area contributed by atoms with Crippen LogP contribution >= 0.6 is 0 Å². The lowest BCUT2D eigenvalue weighted by Gasteiger charge is -2.05. The molecule has 1 aliphatic rings. The molecule has 2 rings (SSSR count). The Morgan fingerprint density at radius 2 is 2.19 bits per heavy atom. The van der Waals surface area contributed by atoms with Crippen molar-refractivity contribution in [3.63, 3.8) is 0 Å². The molecule has 0 fully saturated rings. The number of aryl methyl sites for hydroxylation is 1. The lowest BCUT2D eigenvalue weighted by molar-refractivity contribution is -0.138. The van der Waals surface area contributed by atoms with Crippen molar-refractivity contribution in [1.82, 2.24) is 0 Å². The minimum absolute atomic E-state index is 0.302. The minimum atomic E-state index is -0.713. The fourth-order valence-electron chi connectivity index (χ4n) is 2.02. The predicted molar refractivity (Wildman–Crippen MR) is 66.6 cm³/mol. The first-order valence-corrected chi connectivity index (χ1v) is 5.70. The number of rotatable bonds is 2. The van der Waals surface area contributed by atoms with Crippen LogP contribution in [0.5, 0.6) is 0 Å². The van der Waals surface area contributed by atoms with Gasteiger partial charge < -0.3 is 5.11 Å². The maximum atomic E-state index is 10.9. The van der Waals surface area contributed by atoms with Crippen molar-refractivity contribution < 1.29 is 9.90 Å². The fraction of sp³-hybridized carbons (Fsp3) is 0.357. The molecule has 86 valence electrons. The van der Waals surface area contributed by atoms with E-state index in [-0.39, 0.29) is 5.92 Å². The Morgan fingerprint density at radius 3 is 2.75 bits per heavy atom. The van der Waals surface area contributed by atoms with Crippen LogP contribution in [0.3, 0.4) is 0 Å². The molecule has 0 saturated carbocycles. The molecule has 1 unspecified atom stereocenters. The molecule has 16 heavy (non-hydrogen) atoms. The van der Waals surface area contributed by atoms with Gasteiger partial charge in [0.15, 0.2) is 0 Å². The molecule has 0 aromatic heterocycles. The van der Waals surface area contributed by atoms with Gasteiger partial charge in [-0.15, -0.1) is 0 Å².